The topological polar surface area (TPSA) is 50.2 Å². The normalized spacial score (nSPS) is 10.7. The van der Waals surface area contributed by atoms with Crippen LogP contribution in [0.25, 0.3) is 0 Å². The van der Waals surface area contributed by atoms with Gasteiger partial charge in [0.1, 0.15) is 0 Å². The maximum absolute atomic E-state index is 12.7. The molecule has 0 unspecified atom stereocenters. The molecule has 0 saturated heterocycles. The highest BCUT2D eigenvalue weighted by Gasteiger charge is 2.20. The third kappa shape index (κ3) is 2.83. The minimum atomic E-state index is -2.67. The molecule has 0 aliphatic heterocycles. The molecule has 1 rings (SSSR count). The van der Waals surface area contributed by atoms with E-state index in [4.69, 9.17) is 5.11 Å². The van der Waals surface area contributed by atoms with Crippen molar-refractivity contribution in [2.45, 2.75) is 19.8 Å². The van der Waals surface area contributed by atoms with E-state index in [1.807, 2.05) is 0 Å². The van der Waals surface area contributed by atoms with Crippen LogP contribution < -0.4 is 0 Å². The van der Waals surface area contributed by atoms with Crippen molar-refractivity contribution in [2.24, 2.45) is 0 Å². The van der Waals surface area contributed by atoms with Gasteiger partial charge in [0.25, 0.3) is 6.43 Å². The van der Waals surface area contributed by atoms with Gasteiger partial charge in [0.2, 0.25) is 0 Å². The summed E-state index contributed by atoms with van der Waals surface area (Å²) in [4.78, 5) is 14.3. The van der Waals surface area contributed by atoms with Gasteiger partial charge in [0.15, 0.2) is 0 Å². The molecule has 0 amide bonds. The van der Waals surface area contributed by atoms with Crippen molar-refractivity contribution in [3.63, 3.8) is 0 Å². The molecule has 0 aliphatic carbocycles. The maximum atomic E-state index is 12.7. The first kappa shape index (κ1) is 12.3. The van der Waals surface area contributed by atoms with Crippen molar-refractivity contribution in [1.82, 2.24) is 4.98 Å². The summed E-state index contributed by atoms with van der Waals surface area (Å²) in [6.45, 7) is 1.61. The van der Waals surface area contributed by atoms with E-state index in [1.54, 1.807) is 29.5 Å². The van der Waals surface area contributed by atoms with Crippen molar-refractivity contribution in [1.29, 1.82) is 0 Å². The summed E-state index contributed by atoms with van der Waals surface area (Å²) in [6.07, 6.45) is -1.90. The molecule has 6 heteroatoms. The highest BCUT2D eigenvalue weighted by molar-refractivity contribution is 14.1. The zero-order valence-corrected chi connectivity index (χ0v) is 9.96. The number of pyridine rings is 1. The molecule has 1 N–H and O–H groups in total. The van der Waals surface area contributed by atoms with E-state index in [0.29, 0.717) is 9.26 Å². The van der Waals surface area contributed by atoms with Crippen LogP contribution in [0.2, 0.25) is 0 Å². The van der Waals surface area contributed by atoms with Crippen LogP contribution in [0.1, 0.15) is 23.2 Å². The summed E-state index contributed by atoms with van der Waals surface area (Å²) in [5.41, 5.74) is 0.345. The standard InChI is InChI=1S/C9H8F2INO2/c1-4-8(12)7(9(10)11)5(3-13-4)2-6(14)15/h3,9H,2H2,1H3,(H,14,15). The number of rotatable bonds is 3. The molecule has 15 heavy (non-hydrogen) atoms. The summed E-state index contributed by atoms with van der Waals surface area (Å²) in [6, 6.07) is 0. The lowest BCUT2D eigenvalue weighted by Crippen LogP contribution is -2.08. The molecule has 0 spiro atoms. The molecule has 3 nitrogen and oxygen atoms in total. The number of carbonyl (C=O) groups is 1. The Morgan fingerprint density at radius 1 is 1.67 bits per heavy atom. The van der Waals surface area contributed by atoms with E-state index in [-0.39, 0.29) is 11.1 Å². The van der Waals surface area contributed by atoms with Crippen molar-refractivity contribution in [3.05, 3.63) is 26.6 Å². The lowest BCUT2D eigenvalue weighted by molar-refractivity contribution is -0.136. The second-order valence-electron chi connectivity index (χ2n) is 2.97. The number of nitrogens with zero attached hydrogens (tertiary/aromatic N) is 1. The van der Waals surface area contributed by atoms with Crippen molar-refractivity contribution < 1.29 is 18.7 Å². The van der Waals surface area contributed by atoms with Crippen LogP contribution in [0, 0.1) is 10.5 Å². The van der Waals surface area contributed by atoms with Gasteiger partial charge in [-0.1, -0.05) is 0 Å². The smallest absolute Gasteiger partial charge is 0.307 e. The van der Waals surface area contributed by atoms with E-state index >= 15 is 0 Å². The Hall–Kier alpha value is -0.790. The second kappa shape index (κ2) is 4.82. The highest BCUT2D eigenvalue weighted by Crippen LogP contribution is 2.29. The third-order valence-electron chi connectivity index (χ3n) is 1.87. The van der Waals surface area contributed by atoms with Crippen molar-refractivity contribution >= 4 is 28.6 Å². The number of hydrogen-bond acceptors (Lipinski definition) is 2. The first-order chi connectivity index (χ1) is 6.93. The number of hydrogen-bond donors (Lipinski definition) is 1. The molecule has 1 heterocycles. The SMILES string of the molecule is Cc1ncc(CC(=O)O)c(C(F)F)c1I. The summed E-state index contributed by atoms with van der Waals surface area (Å²) in [7, 11) is 0. The molecule has 1 aromatic rings. The molecular weight excluding hydrogens is 319 g/mol. The Kier molecular flexibility index (Phi) is 3.95. The van der Waals surface area contributed by atoms with Crippen molar-refractivity contribution in [2.75, 3.05) is 0 Å². The lowest BCUT2D eigenvalue weighted by atomic mass is 10.1. The molecule has 0 fully saturated rings. The predicted octanol–water partition coefficient (Wildman–Crippen LogP) is 2.56. The Morgan fingerprint density at radius 2 is 2.27 bits per heavy atom. The second-order valence-corrected chi connectivity index (χ2v) is 4.05. The fourth-order valence-electron chi connectivity index (χ4n) is 1.18. The zero-order chi connectivity index (χ0) is 11.6. The lowest BCUT2D eigenvalue weighted by Gasteiger charge is -2.10. The van der Waals surface area contributed by atoms with Gasteiger partial charge in [-0.3, -0.25) is 9.78 Å². The van der Waals surface area contributed by atoms with E-state index in [9.17, 15) is 13.6 Å². The van der Waals surface area contributed by atoms with Crippen LogP contribution in [-0.2, 0) is 11.2 Å². The van der Waals surface area contributed by atoms with Crippen LogP contribution in [0.5, 0.6) is 0 Å². The maximum Gasteiger partial charge on any atom is 0.307 e. The van der Waals surface area contributed by atoms with Crippen LogP contribution in [-0.4, -0.2) is 16.1 Å². The monoisotopic (exact) mass is 327 g/mol. The van der Waals surface area contributed by atoms with Gasteiger partial charge >= 0.3 is 5.97 Å². The third-order valence-corrected chi connectivity index (χ3v) is 3.24. The molecule has 0 aliphatic rings. The number of aryl methyl sites for hydroxylation is 1. The Balaban J connectivity index is 3.26. The van der Waals surface area contributed by atoms with Gasteiger partial charge in [0, 0.05) is 15.3 Å². The molecule has 0 aromatic carbocycles. The summed E-state index contributed by atoms with van der Waals surface area (Å²) >= 11 is 1.76. The number of halogens is 3. The number of carboxylic acids is 1. The fraction of sp³-hybridized carbons (Fsp3) is 0.333. The van der Waals surface area contributed by atoms with Gasteiger partial charge < -0.3 is 5.11 Å². The average Bonchev–Trinajstić information content (AvgIpc) is 2.10. The van der Waals surface area contributed by atoms with Crippen LogP contribution in [0.3, 0.4) is 0 Å². The van der Waals surface area contributed by atoms with Gasteiger partial charge in [-0.25, -0.2) is 8.78 Å². The zero-order valence-electron chi connectivity index (χ0n) is 7.80. The molecule has 1 aromatic heterocycles. The van der Waals surface area contributed by atoms with Gasteiger partial charge in [0.05, 0.1) is 12.1 Å². The van der Waals surface area contributed by atoms with Gasteiger partial charge in [-0.2, -0.15) is 0 Å². The van der Waals surface area contributed by atoms with E-state index < -0.39 is 18.8 Å². The molecule has 0 bridgehead atoms. The molecule has 0 atom stereocenters. The average molecular weight is 327 g/mol. The quantitative estimate of drug-likeness (QED) is 0.868. The van der Waals surface area contributed by atoms with Crippen LogP contribution in [0.4, 0.5) is 8.78 Å². The summed E-state index contributed by atoms with van der Waals surface area (Å²) < 4.78 is 25.7. The number of alkyl halides is 2. The fourth-order valence-corrected chi connectivity index (χ4v) is 1.90. The van der Waals surface area contributed by atoms with E-state index in [0.717, 1.165) is 0 Å². The summed E-state index contributed by atoms with van der Waals surface area (Å²) in [5, 5.41) is 8.56. The minimum Gasteiger partial charge on any atom is -0.481 e. The highest BCUT2D eigenvalue weighted by atomic mass is 127. The number of carboxylic acid groups (broad SMARTS) is 1. The van der Waals surface area contributed by atoms with Crippen molar-refractivity contribution in [3.8, 4) is 0 Å². The first-order valence-corrected chi connectivity index (χ1v) is 5.15. The van der Waals surface area contributed by atoms with E-state index in [1.165, 1.54) is 6.20 Å². The van der Waals surface area contributed by atoms with E-state index in [2.05, 4.69) is 4.98 Å². The Bertz CT molecular complexity index is 396. The Morgan fingerprint density at radius 3 is 2.73 bits per heavy atom. The number of aliphatic carboxylic acids is 1. The van der Waals surface area contributed by atoms with Crippen LogP contribution >= 0.6 is 22.6 Å². The van der Waals surface area contributed by atoms with Gasteiger partial charge in [-0.15, -0.1) is 0 Å². The summed E-state index contributed by atoms with van der Waals surface area (Å²) in [5.74, 6) is -1.14. The largest absolute Gasteiger partial charge is 0.481 e. The molecule has 0 saturated carbocycles. The molecule has 82 valence electrons. The van der Waals surface area contributed by atoms with Crippen LogP contribution in [0.15, 0.2) is 6.20 Å². The number of aromatic nitrogens is 1. The van der Waals surface area contributed by atoms with Gasteiger partial charge in [-0.05, 0) is 35.1 Å². The first-order valence-electron chi connectivity index (χ1n) is 4.07. The predicted molar refractivity (Wildman–Crippen MR) is 58.0 cm³/mol. The molecule has 0 radical (unpaired) electrons. The minimum absolute atomic E-state index is 0.0764. The Labute approximate surface area is 98.7 Å². The molecular formula is C9H8F2INO2.